The Balaban J connectivity index is 1.19. The maximum absolute atomic E-state index is 13.2. The fourth-order valence-corrected chi connectivity index (χ4v) is 8.09. The van der Waals surface area contributed by atoms with Crippen molar-refractivity contribution < 1.29 is 9.59 Å². The highest BCUT2D eigenvalue weighted by Crippen LogP contribution is 2.45. The van der Waals surface area contributed by atoms with E-state index in [4.69, 9.17) is 10.7 Å². The Morgan fingerprint density at radius 1 is 0.976 bits per heavy atom. The molecule has 3 aliphatic rings. The summed E-state index contributed by atoms with van der Waals surface area (Å²) in [4.78, 5) is 34.7. The molecule has 2 N–H and O–H groups in total. The van der Waals surface area contributed by atoms with Crippen molar-refractivity contribution >= 4 is 22.8 Å². The van der Waals surface area contributed by atoms with Gasteiger partial charge in [0.15, 0.2) is 0 Å². The van der Waals surface area contributed by atoms with Gasteiger partial charge in [-0.2, -0.15) is 0 Å². The summed E-state index contributed by atoms with van der Waals surface area (Å²) < 4.78 is 2.51. The predicted octanol–water partition coefficient (Wildman–Crippen LogP) is 5.28. The summed E-state index contributed by atoms with van der Waals surface area (Å²) in [5.41, 5.74) is 9.46. The van der Waals surface area contributed by atoms with Gasteiger partial charge in [0.2, 0.25) is 11.8 Å². The molecule has 7 heteroatoms. The van der Waals surface area contributed by atoms with Gasteiger partial charge in [0.05, 0.1) is 11.0 Å². The van der Waals surface area contributed by atoms with Crippen molar-refractivity contribution in [1.29, 1.82) is 0 Å². The minimum atomic E-state index is -1.17. The molecule has 0 saturated carbocycles. The molecule has 4 heterocycles. The number of piperidine rings is 2. The molecule has 0 spiro atoms. The second kappa shape index (κ2) is 10.6. The number of benzene rings is 2. The second-order valence-corrected chi connectivity index (χ2v) is 13.4. The largest absolute Gasteiger partial charge is 0.369 e. The third kappa shape index (κ3) is 4.96. The highest BCUT2D eigenvalue weighted by atomic mass is 16.2. The van der Waals surface area contributed by atoms with Gasteiger partial charge in [-0.15, -0.1) is 0 Å². The summed E-state index contributed by atoms with van der Waals surface area (Å²) in [5, 5.41) is 0. The van der Waals surface area contributed by atoms with E-state index in [1.807, 2.05) is 4.90 Å². The molecule has 3 aromatic rings. The average molecular weight is 556 g/mol. The number of hydrogen-bond acceptors (Lipinski definition) is 4. The Kier molecular flexibility index (Phi) is 7.21. The van der Waals surface area contributed by atoms with E-state index >= 15 is 0 Å². The maximum atomic E-state index is 13.2. The highest BCUT2D eigenvalue weighted by Gasteiger charge is 2.45. The van der Waals surface area contributed by atoms with Crippen molar-refractivity contribution in [1.82, 2.24) is 19.4 Å². The first-order valence-corrected chi connectivity index (χ1v) is 15.4. The van der Waals surface area contributed by atoms with Gasteiger partial charge in [-0.05, 0) is 102 Å². The van der Waals surface area contributed by atoms with Crippen LogP contribution < -0.4 is 5.73 Å². The number of para-hydroxylation sites is 2. The molecule has 2 bridgehead atoms. The number of nitrogens with two attached hydrogens (primary N) is 1. The molecular formula is C34H45N5O2. The zero-order valence-electron chi connectivity index (χ0n) is 25.1. The van der Waals surface area contributed by atoms with Crippen molar-refractivity contribution in [3.8, 4) is 0 Å². The van der Waals surface area contributed by atoms with Crippen LogP contribution in [0.3, 0.4) is 0 Å². The van der Waals surface area contributed by atoms with Gasteiger partial charge < -0.3 is 15.2 Å². The zero-order valence-corrected chi connectivity index (χ0v) is 25.1. The predicted molar refractivity (Wildman–Crippen MR) is 163 cm³/mol. The summed E-state index contributed by atoms with van der Waals surface area (Å²) in [5.74, 6) is 0.421. The topological polar surface area (TPSA) is 84.5 Å². The minimum absolute atomic E-state index is 0.0209. The van der Waals surface area contributed by atoms with Crippen molar-refractivity contribution in [2.45, 2.75) is 96.2 Å². The van der Waals surface area contributed by atoms with Crippen molar-refractivity contribution in [2.75, 3.05) is 19.6 Å². The fraction of sp³-hybridized carbons (Fsp3) is 0.559. The number of amides is 2. The van der Waals surface area contributed by atoms with Crippen LogP contribution in [0.1, 0.15) is 81.8 Å². The Morgan fingerprint density at radius 2 is 1.66 bits per heavy atom. The Hall–Kier alpha value is -3.19. The number of hydrogen-bond donors (Lipinski definition) is 1. The normalized spacial score (nSPS) is 24.6. The molecule has 218 valence electrons. The van der Waals surface area contributed by atoms with Crippen LogP contribution in [0.25, 0.3) is 11.0 Å². The maximum Gasteiger partial charge on any atom is 0.237 e. The number of likely N-dealkylation sites (tertiary alicyclic amines) is 1. The molecule has 6 rings (SSSR count). The monoisotopic (exact) mass is 555 g/mol. The zero-order chi connectivity index (χ0) is 28.9. The molecule has 2 unspecified atom stereocenters. The van der Waals surface area contributed by atoms with Crippen LogP contribution in [0.15, 0.2) is 48.5 Å². The third-order valence-electron chi connectivity index (χ3n) is 10.6. The lowest BCUT2D eigenvalue weighted by atomic mass is 9.69. The van der Waals surface area contributed by atoms with E-state index in [9.17, 15) is 9.59 Å². The average Bonchev–Trinajstić information content (AvgIpc) is 3.42. The molecular weight excluding hydrogens is 510 g/mol. The number of nitrogens with zero attached hydrogens (tertiary/aromatic N) is 4. The van der Waals surface area contributed by atoms with Crippen LogP contribution >= 0.6 is 0 Å². The summed E-state index contributed by atoms with van der Waals surface area (Å²) in [6.07, 6.45) is 7.80. The van der Waals surface area contributed by atoms with Crippen LogP contribution in [-0.4, -0.2) is 62.9 Å². The molecule has 0 radical (unpaired) electrons. The summed E-state index contributed by atoms with van der Waals surface area (Å²) in [6.45, 7) is 10.0. The number of primary amides is 1. The highest BCUT2D eigenvalue weighted by molar-refractivity contribution is 6.03. The van der Waals surface area contributed by atoms with Crippen molar-refractivity contribution in [3.63, 3.8) is 0 Å². The Bertz CT molecular complexity index is 1440. The molecule has 3 saturated heterocycles. The van der Waals surface area contributed by atoms with Gasteiger partial charge in [0, 0.05) is 31.2 Å². The number of carbonyl (C=O) groups excluding carboxylic acids is 2. The summed E-state index contributed by atoms with van der Waals surface area (Å²) in [7, 11) is 0. The third-order valence-corrected chi connectivity index (χ3v) is 10.6. The molecule has 2 amide bonds. The standard InChI is InChI=1S/C34H45N5O2/c1-23-8-7-9-25(20-23)34(14-17-37(18-15-34)32(41)33(3,4)31(35)40)16-19-38-26-12-13-27(38)22-28(21-26)39-24(2)36-29-10-5-6-11-30(29)39/h5-11,20,26-28H,12-19,21-22H2,1-4H3,(H2,35,40). The van der Waals surface area contributed by atoms with Crippen LogP contribution in [0.4, 0.5) is 0 Å². The number of rotatable bonds is 7. The van der Waals surface area contributed by atoms with Crippen LogP contribution in [-0.2, 0) is 15.0 Å². The van der Waals surface area contributed by atoms with E-state index in [2.05, 4.69) is 71.8 Å². The van der Waals surface area contributed by atoms with Gasteiger partial charge in [-0.1, -0.05) is 42.0 Å². The van der Waals surface area contributed by atoms with E-state index in [0.717, 1.165) is 37.1 Å². The molecule has 1 aromatic heterocycles. The summed E-state index contributed by atoms with van der Waals surface area (Å²) in [6, 6.07) is 19.2. The first-order valence-electron chi connectivity index (χ1n) is 15.4. The Morgan fingerprint density at radius 3 is 2.32 bits per heavy atom. The molecule has 2 aromatic carbocycles. The number of fused-ring (bicyclic) bond motifs is 3. The van der Waals surface area contributed by atoms with Gasteiger partial charge >= 0.3 is 0 Å². The van der Waals surface area contributed by atoms with Gasteiger partial charge in [0.1, 0.15) is 11.2 Å². The SMILES string of the molecule is Cc1cccc(C2(CCN3C4CCC3CC(n3c(C)nc5ccccc53)C4)CCN(C(=O)C(C)(C)C(N)=O)CC2)c1. The van der Waals surface area contributed by atoms with Gasteiger partial charge in [0.25, 0.3) is 0 Å². The van der Waals surface area contributed by atoms with Crippen molar-refractivity contribution in [3.05, 3.63) is 65.5 Å². The number of aromatic nitrogens is 2. The lowest BCUT2D eigenvalue weighted by Crippen LogP contribution is -2.53. The number of carbonyl (C=O) groups is 2. The van der Waals surface area contributed by atoms with Gasteiger partial charge in [-0.3, -0.25) is 14.5 Å². The van der Waals surface area contributed by atoms with E-state index in [1.54, 1.807) is 13.8 Å². The lowest BCUT2D eigenvalue weighted by molar-refractivity contribution is -0.148. The first-order chi connectivity index (χ1) is 19.6. The fourth-order valence-electron chi connectivity index (χ4n) is 8.09. The molecule has 2 atom stereocenters. The molecule has 41 heavy (non-hydrogen) atoms. The van der Waals surface area contributed by atoms with Crippen LogP contribution in [0.2, 0.25) is 0 Å². The first kappa shape index (κ1) is 28.0. The molecule has 3 fully saturated rings. The second-order valence-electron chi connectivity index (χ2n) is 13.4. The van der Waals surface area contributed by atoms with Crippen LogP contribution in [0, 0.1) is 19.3 Å². The minimum Gasteiger partial charge on any atom is -0.369 e. The Labute approximate surface area is 244 Å². The summed E-state index contributed by atoms with van der Waals surface area (Å²) >= 11 is 0. The smallest absolute Gasteiger partial charge is 0.237 e. The van der Waals surface area contributed by atoms with Crippen molar-refractivity contribution in [2.24, 2.45) is 11.1 Å². The van der Waals surface area contributed by atoms with E-state index in [1.165, 1.54) is 42.3 Å². The van der Waals surface area contributed by atoms with Crippen LogP contribution in [0.5, 0.6) is 0 Å². The molecule has 7 nitrogen and oxygen atoms in total. The molecule has 0 aliphatic carbocycles. The number of imidazole rings is 1. The lowest BCUT2D eigenvalue weighted by Gasteiger charge is -2.46. The number of aryl methyl sites for hydroxylation is 2. The van der Waals surface area contributed by atoms with E-state index in [-0.39, 0.29) is 11.3 Å². The van der Waals surface area contributed by atoms with E-state index in [0.29, 0.717) is 31.2 Å². The quantitative estimate of drug-likeness (QED) is 0.402. The molecule has 3 aliphatic heterocycles. The van der Waals surface area contributed by atoms with E-state index < -0.39 is 11.3 Å². The van der Waals surface area contributed by atoms with Gasteiger partial charge in [-0.25, -0.2) is 4.98 Å².